The number of hydrogen-bond donors (Lipinski definition) is 1. The fourth-order valence-corrected chi connectivity index (χ4v) is 5.01. The molecule has 0 bridgehead atoms. The summed E-state index contributed by atoms with van der Waals surface area (Å²) in [5, 5.41) is 7.80. The van der Waals surface area contributed by atoms with Gasteiger partial charge in [0, 0.05) is 23.7 Å². The first-order valence-corrected chi connectivity index (χ1v) is 11.8. The molecule has 2 aromatic heterocycles. The molecule has 0 atom stereocenters. The van der Waals surface area contributed by atoms with Crippen LogP contribution in [0.15, 0.2) is 45.3 Å². The number of anilines is 1. The first kappa shape index (κ1) is 20.0. The second kappa shape index (κ2) is 8.62. The summed E-state index contributed by atoms with van der Waals surface area (Å²) in [5.74, 6) is 0.0702. The van der Waals surface area contributed by atoms with E-state index >= 15 is 0 Å². The number of carbonyl (C=O) groups excluding carboxylic acids is 1. The van der Waals surface area contributed by atoms with Crippen LogP contribution in [0.5, 0.6) is 0 Å². The van der Waals surface area contributed by atoms with E-state index in [0.29, 0.717) is 16.2 Å². The van der Waals surface area contributed by atoms with E-state index in [0.717, 1.165) is 36.3 Å². The smallest absolute Gasteiger partial charge is 0.282 e. The molecule has 9 heteroatoms. The molecule has 0 radical (unpaired) electrons. The van der Waals surface area contributed by atoms with Crippen LogP contribution in [0.2, 0.25) is 0 Å². The number of aromatic nitrogens is 4. The maximum atomic E-state index is 13.1. The summed E-state index contributed by atoms with van der Waals surface area (Å²) in [7, 11) is 1.78. The number of thioether (sulfide) groups is 2. The highest BCUT2D eigenvalue weighted by atomic mass is 32.2. The van der Waals surface area contributed by atoms with Crippen LogP contribution in [0.25, 0.3) is 11.0 Å². The van der Waals surface area contributed by atoms with Gasteiger partial charge in [-0.1, -0.05) is 30.7 Å². The first-order valence-electron chi connectivity index (χ1n) is 9.58. The highest BCUT2D eigenvalue weighted by Gasteiger charge is 2.24. The van der Waals surface area contributed by atoms with E-state index in [-0.39, 0.29) is 23.3 Å². The van der Waals surface area contributed by atoms with E-state index in [1.165, 1.54) is 11.8 Å². The Balaban J connectivity index is 1.57. The Bertz CT molecular complexity index is 1100. The molecule has 0 spiro atoms. The molecule has 0 saturated heterocycles. The largest absolute Gasteiger partial charge is 0.325 e. The minimum Gasteiger partial charge on any atom is -0.325 e. The van der Waals surface area contributed by atoms with Crippen molar-refractivity contribution >= 4 is 46.2 Å². The van der Waals surface area contributed by atoms with Gasteiger partial charge < -0.3 is 5.32 Å². The van der Waals surface area contributed by atoms with Crippen LogP contribution in [0.4, 0.5) is 5.69 Å². The fourth-order valence-electron chi connectivity index (χ4n) is 3.68. The quantitative estimate of drug-likeness (QED) is 0.475. The van der Waals surface area contributed by atoms with E-state index in [1.807, 2.05) is 30.5 Å². The summed E-state index contributed by atoms with van der Waals surface area (Å²) in [5.41, 5.74) is 1.62. The molecule has 1 fully saturated rings. The second-order valence-electron chi connectivity index (χ2n) is 7.11. The molecule has 1 amide bonds. The zero-order chi connectivity index (χ0) is 20.4. The Kier molecular flexibility index (Phi) is 5.96. The van der Waals surface area contributed by atoms with E-state index in [4.69, 9.17) is 0 Å². The zero-order valence-electron chi connectivity index (χ0n) is 16.4. The number of rotatable bonds is 6. The van der Waals surface area contributed by atoms with Gasteiger partial charge in [0.25, 0.3) is 5.56 Å². The van der Waals surface area contributed by atoms with Crippen molar-refractivity contribution in [2.24, 2.45) is 7.05 Å². The average Bonchev–Trinajstić information content (AvgIpc) is 3.36. The van der Waals surface area contributed by atoms with Gasteiger partial charge in [-0.25, -0.2) is 4.98 Å². The Morgan fingerprint density at radius 3 is 2.86 bits per heavy atom. The zero-order valence-corrected chi connectivity index (χ0v) is 18.1. The van der Waals surface area contributed by atoms with Crippen LogP contribution in [-0.2, 0) is 11.8 Å². The van der Waals surface area contributed by atoms with Crippen molar-refractivity contribution in [3.8, 4) is 0 Å². The predicted molar refractivity (Wildman–Crippen MR) is 118 cm³/mol. The summed E-state index contributed by atoms with van der Waals surface area (Å²) in [6.45, 7) is 0. The Morgan fingerprint density at radius 1 is 1.31 bits per heavy atom. The van der Waals surface area contributed by atoms with Crippen LogP contribution in [0.3, 0.4) is 0 Å². The molecule has 152 valence electrons. The lowest BCUT2D eigenvalue weighted by atomic mass is 10.2. The van der Waals surface area contributed by atoms with Gasteiger partial charge >= 0.3 is 0 Å². The Labute approximate surface area is 177 Å². The maximum Gasteiger partial charge on any atom is 0.282 e. The second-order valence-corrected chi connectivity index (χ2v) is 8.94. The SMILES string of the molecule is CSc1cccc(NC(=O)CSc2nc3cn(C)nc3c(=O)n2C2CCCC2)c1. The van der Waals surface area contributed by atoms with Crippen molar-refractivity contribution in [3.63, 3.8) is 0 Å². The standard InChI is InChI=1S/C20H23N5O2S2/c1-24-11-16-18(23-24)19(27)25(14-7-3-4-8-14)20(22-16)29-12-17(26)21-13-6-5-9-15(10-13)28-2/h5-6,9-11,14H,3-4,7-8,12H2,1-2H3,(H,21,26). The van der Waals surface area contributed by atoms with Gasteiger partial charge in [0.2, 0.25) is 5.91 Å². The fraction of sp³-hybridized carbons (Fsp3) is 0.400. The van der Waals surface area contributed by atoms with Gasteiger partial charge in [-0.15, -0.1) is 11.8 Å². The number of nitrogens with zero attached hydrogens (tertiary/aromatic N) is 4. The number of hydrogen-bond acceptors (Lipinski definition) is 6. The van der Waals surface area contributed by atoms with Crippen LogP contribution >= 0.6 is 23.5 Å². The van der Waals surface area contributed by atoms with Gasteiger partial charge in [0.1, 0.15) is 5.52 Å². The molecule has 1 N–H and O–H groups in total. The number of carbonyl (C=O) groups is 1. The highest BCUT2D eigenvalue weighted by molar-refractivity contribution is 7.99. The molecule has 29 heavy (non-hydrogen) atoms. The number of fused-ring (bicyclic) bond motifs is 1. The molecule has 4 rings (SSSR count). The van der Waals surface area contributed by atoms with Gasteiger partial charge in [0.05, 0.1) is 11.9 Å². The lowest BCUT2D eigenvalue weighted by Crippen LogP contribution is -2.27. The minimum absolute atomic E-state index is 0.113. The third kappa shape index (κ3) is 4.35. The average molecular weight is 430 g/mol. The van der Waals surface area contributed by atoms with E-state index in [9.17, 15) is 9.59 Å². The molecule has 0 aliphatic heterocycles. The molecule has 3 aromatic rings. The van der Waals surface area contributed by atoms with Crippen molar-refractivity contribution in [1.82, 2.24) is 19.3 Å². The van der Waals surface area contributed by atoms with Crippen molar-refractivity contribution in [1.29, 1.82) is 0 Å². The molecular formula is C20H23N5O2S2. The minimum atomic E-state index is -0.119. The molecule has 7 nitrogen and oxygen atoms in total. The summed E-state index contributed by atoms with van der Waals surface area (Å²) in [6.07, 6.45) is 7.87. The van der Waals surface area contributed by atoms with Crippen molar-refractivity contribution < 1.29 is 4.79 Å². The lowest BCUT2D eigenvalue weighted by molar-refractivity contribution is -0.113. The molecule has 0 unspecified atom stereocenters. The number of benzene rings is 1. The summed E-state index contributed by atoms with van der Waals surface area (Å²) in [6, 6.07) is 7.87. The maximum absolute atomic E-state index is 13.1. The molecule has 2 heterocycles. The Hall–Kier alpha value is -2.26. The van der Waals surface area contributed by atoms with Crippen LogP contribution in [0, 0.1) is 0 Å². The Morgan fingerprint density at radius 2 is 2.10 bits per heavy atom. The van der Waals surface area contributed by atoms with Gasteiger partial charge in [-0.3, -0.25) is 18.8 Å². The van der Waals surface area contributed by atoms with Crippen molar-refractivity contribution in [2.75, 3.05) is 17.3 Å². The van der Waals surface area contributed by atoms with E-state index in [2.05, 4.69) is 15.4 Å². The van der Waals surface area contributed by atoms with Crippen molar-refractivity contribution in [3.05, 3.63) is 40.8 Å². The molecular weight excluding hydrogens is 406 g/mol. The van der Waals surface area contributed by atoms with Crippen LogP contribution < -0.4 is 10.9 Å². The summed E-state index contributed by atoms with van der Waals surface area (Å²) in [4.78, 5) is 31.3. The van der Waals surface area contributed by atoms with Gasteiger partial charge in [-0.05, 0) is 37.3 Å². The first-order chi connectivity index (χ1) is 14.0. The predicted octanol–water partition coefficient (Wildman–Crippen LogP) is 3.70. The monoisotopic (exact) mass is 429 g/mol. The van der Waals surface area contributed by atoms with Crippen LogP contribution in [-0.4, -0.2) is 37.2 Å². The topological polar surface area (TPSA) is 81.8 Å². The van der Waals surface area contributed by atoms with E-state index in [1.54, 1.807) is 34.3 Å². The third-order valence-corrected chi connectivity index (χ3v) is 6.71. The van der Waals surface area contributed by atoms with Crippen molar-refractivity contribution in [2.45, 2.75) is 41.8 Å². The van der Waals surface area contributed by atoms with Gasteiger partial charge in [0.15, 0.2) is 10.7 Å². The molecule has 1 aromatic carbocycles. The van der Waals surface area contributed by atoms with Crippen LogP contribution in [0.1, 0.15) is 31.7 Å². The number of nitrogens with one attached hydrogen (secondary N) is 1. The number of amides is 1. The molecule has 1 aliphatic carbocycles. The lowest BCUT2D eigenvalue weighted by Gasteiger charge is -2.17. The van der Waals surface area contributed by atoms with E-state index < -0.39 is 0 Å². The summed E-state index contributed by atoms with van der Waals surface area (Å²) < 4.78 is 3.37. The number of aryl methyl sites for hydroxylation is 1. The molecule has 1 saturated carbocycles. The third-order valence-electron chi connectivity index (χ3n) is 5.03. The summed E-state index contributed by atoms with van der Waals surface area (Å²) >= 11 is 2.94. The van der Waals surface area contributed by atoms with Gasteiger partial charge in [-0.2, -0.15) is 5.10 Å². The molecule has 1 aliphatic rings. The normalized spacial score (nSPS) is 14.6. The highest BCUT2D eigenvalue weighted by Crippen LogP contribution is 2.32.